The number of ether oxygens (including phenoxy) is 1. The van der Waals surface area contributed by atoms with Crippen molar-refractivity contribution in [3.63, 3.8) is 0 Å². The second-order valence-electron chi connectivity index (χ2n) is 5.13. The zero-order chi connectivity index (χ0) is 14.8. The second-order valence-corrected chi connectivity index (χ2v) is 6.50. The number of nitro groups is 1. The lowest BCUT2D eigenvalue weighted by molar-refractivity contribution is -0.384. The van der Waals surface area contributed by atoms with Gasteiger partial charge in [0.1, 0.15) is 0 Å². The first-order valence-corrected chi connectivity index (χ1v) is 8.17. The Morgan fingerprint density at radius 2 is 1.85 bits per heavy atom. The van der Waals surface area contributed by atoms with Crippen LogP contribution in [0.5, 0.6) is 5.75 Å². The normalized spacial score (nSPS) is 17.1. The number of halogens is 3. The molecule has 0 amide bonds. The molecule has 0 heterocycles. The van der Waals surface area contributed by atoms with Crippen LogP contribution in [-0.4, -0.2) is 16.9 Å². The van der Waals surface area contributed by atoms with Gasteiger partial charge in [0.2, 0.25) is 0 Å². The van der Waals surface area contributed by atoms with Gasteiger partial charge in [-0.3, -0.25) is 10.1 Å². The summed E-state index contributed by atoms with van der Waals surface area (Å²) in [5.74, 6) is 0.325. The van der Waals surface area contributed by atoms with Gasteiger partial charge in [0.15, 0.2) is 5.75 Å². The molecule has 0 atom stereocenters. The van der Waals surface area contributed by atoms with Crippen LogP contribution >= 0.6 is 39.1 Å². The summed E-state index contributed by atoms with van der Waals surface area (Å²) >= 11 is 15.6. The maximum Gasteiger partial charge on any atom is 0.272 e. The molecule has 7 heteroatoms. The highest BCUT2D eigenvalue weighted by Crippen LogP contribution is 2.42. The van der Waals surface area contributed by atoms with Crippen LogP contribution in [0, 0.1) is 15.5 Å². The highest BCUT2D eigenvalue weighted by Gasteiger charge is 2.34. The van der Waals surface area contributed by atoms with Crippen molar-refractivity contribution in [2.24, 2.45) is 5.41 Å². The second kappa shape index (κ2) is 6.50. The molecule has 0 aromatic heterocycles. The van der Waals surface area contributed by atoms with Gasteiger partial charge >= 0.3 is 0 Å². The number of non-ortho nitro benzene ring substituents is 1. The number of rotatable bonds is 5. The Morgan fingerprint density at radius 3 is 2.30 bits per heavy atom. The van der Waals surface area contributed by atoms with Crippen molar-refractivity contribution in [2.45, 2.75) is 25.7 Å². The maximum absolute atomic E-state index is 10.7. The van der Waals surface area contributed by atoms with E-state index in [1.807, 2.05) is 0 Å². The van der Waals surface area contributed by atoms with E-state index in [0.29, 0.717) is 12.4 Å². The predicted octanol–water partition coefficient (Wildman–Crippen LogP) is 5.24. The molecule has 20 heavy (non-hydrogen) atoms. The molecule has 1 aromatic rings. The van der Waals surface area contributed by atoms with Crippen LogP contribution in [0.15, 0.2) is 12.1 Å². The Kier molecular flexibility index (Phi) is 5.15. The molecular formula is C13H14BrCl2NO3. The minimum Gasteiger partial charge on any atom is -0.490 e. The van der Waals surface area contributed by atoms with E-state index < -0.39 is 4.92 Å². The smallest absolute Gasteiger partial charge is 0.272 e. The molecule has 1 aromatic carbocycles. The molecule has 0 spiro atoms. The summed E-state index contributed by atoms with van der Waals surface area (Å²) in [5, 5.41) is 11.9. The Balaban J connectivity index is 2.15. The van der Waals surface area contributed by atoms with Crippen LogP contribution in [0.2, 0.25) is 10.0 Å². The van der Waals surface area contributed by atoms with Crippen molar-refractivity contribution in [1.29, 1.82) is 0 Å². The van der Waals surface area contributed by atoms with Gasteiger partial charge in [0.25, 0.3) is 5.69 Å². The maximum atomic E-state index is 10.7. The zero-order valence-corrected chi connectivity index (χ0v) is 13.8. The fourth-order valence-corrected chi connectivity index (χ4v) is 3.76. The molecule has 0 bridgehead atoms. The van der Waals surface area contributed by atoms with Crippen molar-refractivity contribution < 1.29 is 9.66 Å². The summed E-state index contributed by atoms with van der Waals surface area (Å²) < 4.78 is 5.76. The summed E-state index contributed by atoms with van der Waals surface area (Å²) in [6.45, 7) is 0.509. The molecule has 0 unspecified atom stereocenters. The summed E-state index contributed by atoms with van der Waals surface area (Å²) in [7, 11) is 0. The quantitative estimate of drug-likeness (QED) is 0.397. The van der Waals surface area contributed by atoms with E-state index in [9.17, 15) is 10.1 Å². The van der Waals surface area contributed by atoms with Gasteiger partial charge in [-0.05, 0) is 12.8 Å². The average molecular weight is 383 g/mol. The fourth-order valence-electron chi connectivity index (χ4n) is 2.46. The number of nitro benzene ring substituents is 1. The largest absolute Gasteiger partial charge is 0.490 e. The SMILES string of the molecule is O=[N+]([O-])c1cc(Cl)c(OCC2(CBr)CCCC2)c(Cl)c1. The standard InChI is InChI=1S/C13H14BrCl2NO3/c14-7-13(3-1-2-4-13)8-20-12-10(15)5-9(17(18)19)6-11(12)16/h5-6H,1-4,7-8H2. The van der Waals surface area contributed by atoms with Crippen molar-refractivity contribution >= 4 is 44.8 Å². The van der Waals surface area contributed by atoms with Crippen molar-refractivity contribution in [3.05, 3.63) is 32.3 Å². The fraction of sp³-hybridized carbons (Fsp3) is 0.538. The molecular weight excluding hydrogens is 369 g/mol. The molecule has 1 aliphatic rings. The Morgan fingerprint density at radius 1 is 1.30 bits per heavy atom. The minimum atomic E-state index is -0.529. The van der Waals surface area contributed by atoms with E-state index in [1.165, 1.54) is 25.0 Å². The van der Waals surface area contributed by atoms with E-state index in [0.717, 1.165) is 18.2 Å². The first-order chi connectivity index (χ1) is 9.47. The predicted molar refractivity (Wildman–Crippen MR) is 83.3 cm³/mol. The third kappa shape index (κ3) is 3.38. The zero-order valence-electron chi connectivity index (χ0n) is 10.7. The first-order valence-electron chi connectivity index (χ1n) is 6.30. The van der Waals surface area contributed by atoms with Crippen LogP contribution in [0.3, 0.4) is 0 Å². The summed E-state index contributed by atoms with van der Waals surface area (Å²) in [6, 6.07) is 2.52. The minimum absolute atomic E-state index is 0.106. The molecule has 1 saturated carbocycles. The van der Waals surface area contributed by atoms with Gasteiger partial charge < -0.3 is 4.74 Å². The summed E-state index contributed by atoms with van der Waals surface area (Å²) in [4.78, 5) is 10.2. The van der Waals surface area contributed by atoms with Gasteiger partial charge in [-0.1, -0.05) is 52.0 Å². The summed E-state index contributed by atoms with van der Waals surface area (Å²) in [6.07, 6.45) is 4.58. The molecule has 0 saturated heterocycles. The lowest BCUT2D eigenvalue weighted by Crippen LogP contribution is -2.27. The Hall–Kier alpha value is -0.520. The molecule has 4 nitrogen and oxygen atoms in total. The van der Waals surface area contributed by atoms with E-state index in [1.54, 1.807) is 0 Å². The van der Waals surface area contributed by atoms with Crippen LogP contribution in [-0.2, 0) is 0 Å². The van der Waals surface area contributed by atoms with E-state index in [2.05, 4.69) is 15.9 Å². The van der Waals surface area contributed by atoms with Crippen molar-refractivity contribution in [3.8, 4) is 5.75 Å². The van der Waals surface area contributed by atoms with Gasteiger partial charge in [0, 0.05) is 22.9 Å². The molecule has 2 rings (SSSR count). The highest BCUT2D eigenvalue weighted by molar-refractivity contribution is 9.09. The third-order valence-electron chi connectivity index (χ3n) is 3.66. The van der Waals surface area contributed by atoms with E-state index in [4.69, 9.17) is 27.9 Å². The van der Waals surface area contributed by atoms with Gasteiger partial charge in [0.05, 0.1) is 21.6 Å². The topological polar surface area (TPSA) is 52.4 Å². The van der Waals surface area contributed by atoms with Crippen molar-refractivity contribution in [2.75, 3.05) is 11.9 Å². The van der Waals surface area contributed by atoms with Crippen LogP contribution in [0.25, 0.3) is 0 Å². The lowest BCUT2D eigenvalue weighted by Gasteiger charge is -2.26. The molecule has 0 N–H and O–H groups in total. The summed E-state index contributed by atoms with van der Waals surface area (Å²) in [5.41, 5.74) is -0.0301. The number of nitrogens with zero attached hydrogens (tertiary/aromatic N) is 1. The molecule has 110 valence electrons. The van der Waals surface area contributed by atoms with Gasteiger partial charge in [-0.2, -0.15) is 0 Å². The number of hydrogen-bond donors (Lipinski definition) is 0. The average Bonchev–Trinajstić information content (AvgIpc) is 2.87. The Bertz CT molecular complexity index is 495. The third-order valence-corrected chi connectivity index (χ3v) is 5.42. The number of hydrogen-bond acceptors (Lipinski definition) is 3. The van der Waals surface area contributed by atoms with E-state index in [-0.39, 0.29) is 21.1 Å². The van der Waals surface area contributed by atoms with E-state index >= 15 is 0 Å². The van der Waals surface area contributed by atoms with Crippen LogP contribution in [0.4, 0.5) is 5.69 Å². The molecule has 0 radical (unpaired) electrons. The molecule has 1 aliphatic carbocycles. The monoisotopic (exact) mass is 381 g/mol. The number of benzene rings is 1. The highest BCUT2D eigenvalue weighted by atomic mass is 79.9. The van der Waals surface area contributed by atoms with Crippen LogP contribution < -0.4 is 4.74 Å². The van der Waals surface area contributed by atoms with Crippen molar-refractivity contribution in [1.82, 2.24) is 0 Å². The molecule has 1 fully saturated rings. The van der Waals surface area contributed by atoms with Gasteiger partial charge in [-0.15, -0.1) is 0 Å². The Labute approximate surface area is 135 Å². The molecule has 0 aliphatic heterocycles. The van der Waals surface area contributed by atoms with Crippen LogP contribution in [0.1, 0.15) is 25.7 Å². The lowest BCUT2D eigenvalue weighted by atomic mass is 9.90. The van der Waals surface area contributed by atoms with Gasteiger partial charge in [-0.25, -0.2) is 0 Å². The number of alkyl halides is 1. The first kappa shape index (κ1) is 15.9.